The van der Waals surface area contributed by atoms with Crippen LogP contribution in [0.1, 0.15) is 22.5 Å². The summed E-state index contributed by atoms with van der Waals surface area (Å²) in [5.41, 5.74) is -4.28. The molecule has 1 aromatic heterocycles. The summed E-state index contributed by atoms with van der Waals surface area (Å²) in [6.07, 6.45) is -2.41. The number of halogens is 2. The van der Waals surface area contributed by atoms with Gasteiger partial charge in [-0.15, -0.1) is 0 Å². The van der Waals surface area contributed by atoms with E-state index >= 15 is 0 Å². The number of rotatable bonds is 3. The molecule has 1 aromatic rings. The Morgan fingerprint density at radius 3 is 2.53 bits per heavy atom. The van der Waals surface area contributed by atoms with Gasteiger partial charge in [-0.2, -0.15) is 0 Å². The van der Waals surface area contributed by atoms with Gasteiger partial charge in [-0.25, -0.2) is 8.78 Å². The van der Waals surface area contributed by atoms with Gasteiger partial charge in [-0.3, -0.25) is 19.7 Å². The number of pyridine rings is 1. The number of H-pyrrole nitrogens is 1. The Kier molecular flexibility index (Phi) is 2.88. The van der Waals surface area contributed by atoms with Crippen molar-refractivity contribution in [1.82, 2.24) is 4.98 Å². The SMILES string of the molecule is O=Cc1c[nH]c(C(F)F)c([N+](=O)[O-])c1=O. The van der Waals surface area contributed by atoms with Crippen LogP contribution in [0.5, 0.6) is 0 Å². The number of aromatic amines is 1. The van der Waals surface area contributed by atoms with Crippen molar-refractivity contribution in [2.75, 3.05) is 0 Å². The van der Waals surface area contributed by atoms with E-state index < -0.39 is 33.7 Å². The van der Waals surface area contributed by atoms with Gasteiger partial charge in [0, 0.05) is 6.20 Å². The predicted octanol–water partition coefficient (Wildman–Crippen LogP) is 1.03. The summed E-state index contributed by atoms with van der Waals surface area (Å²) in [5.74, 6) is 0. The highest BCUT2D eigenvalue weighted by atomic mass is 19.3. The molecule has 0 saturated carbocycles. The van der Waals surface area contributed by atoms with Gasteiger partial charge in [-0.1, -0.05) is 0 Å². The van der Waals surface area contributed by atoms with E-state index in [1.165, 1.54) is 0 Å². The van der Waals surface area contributed by atoms with Gasteiger partial charge >= 0.3 is 5.69 Å². The van der Waals surface area contributed by atoms with E-state index in [1.807, 2.05) is 4.98 Å². The largest absolute Gasteiger partial charge is 0.354 e. The Labute approximate surface area is 80.7 Å². The summed E-state index contributed by atoms with van der Waals surface area (Å²) < 4.78 is 24.5. The van der Waals surface area contributed by atoms with Gasteiger partial charge in [-0.05, 0) is 0 Å². The lowest BCUT2D eigenvalue weighted by atomic mass is 10.2. The normalized spacial score (nSPS) is 10.3. The predicted molar refractivity (Wildman–Crippen MR) is 44.1 cm³/mol. The Bertz CT molecular complexity index is 469. The van der Waals surface area contributed by atoms with Crippen LogP contribution >= 0.6 is 0 Å². The molecule has 1 N–H and O–H groups in total. The zero-order valence-corrected chi connectivity index (χ0v) is 7.07. The van der Waals surface area contributed by atoms with E-state index in [2.05, 4.69) is 0 Å². The lowest BCUT2D eigenvalue weighted by Gasteiger charge is -2.01. The maximum absolute atomic E-state index is 12.2. The highest BCUT2D eigenvalue weighted by Gasteiger charge is 2.27. The molecule has 0 radical (unpaired) electrons. The van der Waals surface area contributed by atoms with E-state index in [4.69, 9.17) is 0 Å². The first-order valence-electron chi connectivity index (χ1n) is 3.62. The molecule has 0 aliphatic rings. The molecule has 80 valence electrons. The van der Waals surface area contributed by atoms with Crippen LogP contribution < -0.4 is 5.43 Å². The fraction of sp³-hybridized carbons (Fsp3) is 0.143. The van der Waals surface area contributed by atoms with Crippen LogP contribution in [0.25, 0.3) is 0 Å². The minimum atomic E-state index is -3.18. The number of nitrogens with one attached hydrogen (secondary N) is 1. The topological polar surface area (TPSA) is 93.1 Å². The van der Waals surface area contributed by atoms with Crippen molar-refractivity contribution in [2.24, 2.45) is 0 Å². The Balaban J connectivity index is 3.59. The molecule has 1 rings (SSSR count). The molecule has 0 aliphatic heterocycles. The van der Waals surface area contributed by atoms with Gasteiger partial charge in [0.25, 0.3) is 11.9 Å². The highest BCUT2D eigenvalue weighted by Crippen LogP contribution is 2.23. The van der Waals surface area contributed by atoms with Crippen molar-refractivity contribution in [1.29, 1.82) is 0 Å². The average Bonchev–Trinajstić information content (AvgIpc) is 2.16. The summed E-state index contributed by atoms with van der Waals surface area (Å²) in [7, 11) is 0. The standard InChI is InChI=1S/C7H4F2N2O4/c8-7(9)4-5(11(14)15)6(13)3(2-12)1-10-4/h1-2,7H,(H,10,13). The van der Waals surface area contributed by atoms with Crippen molar-refractivity contribution in [2.45, 2.75) is 6.43 Å². The van der Waals surface area contributed by atoms with Crippen molar-refractivity contribution in [3.8, 4) is 0 Å². The monoisotopic (exact) mass is 218 g/mol. The van der Waals surface area contributed by atoms with E-state index in [0.29, 0.717) is 6.20 Å². The molecule has 0 bridgehead atoms. The lowest BCUT2D eigenvalue weighted by Crippen LogP contribution is -2.17. The Morgan fingerprint density at radius 1 is 1.53 bits per heavy atom. The molecule has 0 unspecified atom stereocenters. The van der Waals surface area contributed by atoms with E-state index in [-0.39, 0.29) is 6.29 Å². The van der Waals surface area contributed by atoms with Gasteiger partial charge in [0.05, 0.1) is 10.5 Å². The van der Waals surface area contributed by atoms with Gasteiger partial charge in [0.2, 0.25) is 0 Å². The number of carbonyl (C=O) groups is 1. The number of hydrogen-bond donors (Lipinski definition) is 1. The average molecular weight is 218 g/mol. The molecule has 0 aliphatic carbocycles. The van der Waals surface area contributed by atoms with Crippen molar-refractivity contribution >= 4 is 12.0 Å². The fourth-order valence-corrected chi connectivity index (χ4v) is 0.984. The molecule has 0 fully saturated rings. The number of hydrogen-bond acceptors (Lipinski definition) is 4. The summed E-state index contributed by atoms with van der Waals surface area (Å²) in [6.45, 7) is 0. The summed E-state index contributed by atoms with van der Waals surface area (Å²) in [4.78, 5) is 32.4. The first-order chi connectivity index (χ1) is 6.99. The molecule has 0 atom stereocenters. The quantitative estimate of drug-likeness (QED) is 0.465. The summed E-state index contributed by atoms with van der Waals surface area (Å²) in [5, 5.41) is 10.4. The Hall–Kier alpha value is -2.12. The molecule has 0 amide bonds. The molecule has 0 aromatic carbocycles. The maximum atomic E-state index is 12.2. The number of carbonyl (C=O) groups excluding carboxylic acids is 1. The zero-order valence-electron chi connectivity index (χ0n) is 7.07. The first kappa shape index (κ1) is 11.0. The minimum Gasteiger partial charge on any atom is -0.354 e. The van der Waals surface area contributed by atoms with E-state index in [1.54, 1.807) is 0 Å². The molecular weight excluding hydrogens is 214 g/mol. The van der Waals surface area contributed by atoms with Gasteiger partial charge in [0.1, 0.15) is 0 Å². The van der Waals surface area contributed by atoms with Crippen LogP contribution in [0.2, 0.25) is 0 Å². The second-order valence-corrected chi connectivity index (χ2v) is 2.51. The summed E-state index contributed by atoms with van der Waals surface area (Å²) >= 11 is 0. The van der Waals surface area contributed by atoms with E-state index in [9.17, 15) is 28.5 Å². The molecule has 0 saturated heterocycles. The Morgan fingerprint density at radius 2 is 2.13 bits per heavy atom. The number of nitro groups is 1. The summed E-state index contributed by atoms with van der Waals surface area (Å²) in [6, 6.07) is 0. The van der Waals surface area contributed by atoms with E-state index in [0.717, 1.165) is 0 Å². The first-order valence-corrected chi connectivity index (χ1v) is 3.62. The van der Waals surface area contributed by atoms with Crippen LogP contribution in [0, 0.1) is 10.1 Å². The molecule has 6 nitrogen and oxygen atoms in total. The number of nitrogens with zero attached hydrogens (tertiary/aromatic N) is 1. The lowest BCUT2D eigenvalue weighted by molar-refractivity contribution is -0.387. The second kappa shape index (κ2) is 3.95. The fourth-order valence-electron chi connectivity index (χ4n) is 0.984. The number of aldehydes is 1. The second-order valence-electron chi connectivity index (χ2n) is 2.51. The maximum Gasteiger partial charge on any atom is 0.342 e. The molecule has 8 heteroatoms. The van der Waals surface area contributed by atoms with Crippen molar-refractivity contribution in [3.63, 3.8) is 0 Å². The molecule has 1 heterocycles. The van der Waals surface area contributed by atoms with Crippen LogP contribution in [0.15, 0.2) is 11.0 Å². The molecule has 0 spiro atoms. The zero-order chi connectivity index (χ0) is 11.6. The van der Waals surface area contributed by atoms with Crippen LogP contribution in [0.3, 0.4) is 0 Å². The third-order valence-corrected chi connectivity index (χ3v) is 1.64. The minimum absolute atomic E-state index is 0.0566. The number of alkyl halides is 2. The van der Waals surface area contributed by atoms with Crippen LogP contribution in [-0.4, -0.2) is 16.2 Å². The van der Waals surface area contributed by atoms with Crippen LogP contribution in [-0.2, 0) is 0 Å². The molecule has 15 heavy (non-hydrogen) atoms. The smallest absolute Gasteiger partial charge is 0.342 e. The van der Waals surface area contributed by atoms with Crippen LogP contribution in [0.4, 0.5) is 14.5 Å². The highest BCUT2D eigenvalue weighted by molar-refractivity contribution is 5.75. The number of aromatic nitrogens is 1. The third kappa shape index (κ3) is 1.87. The van der Waals surface area contributed by atoms with Gasteiger partial charge < -0.3 is 4.98 Å². The molecular formula is C7H4F2N2O4. The third-order valence-electron chi connectivity index (χ3n) is 1.64. The van der Waals surface area contributed by atoms with Crippen molar-refractivity contribution in [3.05, 3.63) is 37.8 Å². The van der Waals surface area contributed by atoms with Gasteiger partial charge in [0.15, 0.2) is 12.0 Å². The van der Waals surface area contributed by atoms with Crippen molar-refractivity contribution < 1.29 is 18.5 Å².